The summed E-state index contributed by atoms with van der Waals surface area (Å²) in [6.07, 6.45) is 1.07. The molecule has 1 aliphatic heterocycles. The summed E-state index contributed by atoms with van der Waals surface area (Å²) in [4.78, 5) is 9.64. The SMILES string of the molecule is COc1ccc(CNc2nc3cc(OC)c(F)cc3c3nc(C45CNCC4C5)nn23)c(OC)c1. The van der Waals surface area contributed by atoms with E-state index >= 15 is 0 Å². The highest BCUT2D eigenvalue weighted by atomic mass is 19.1. The lowest BCUT2D eigenvalue weighted by atomic mass is 10.1. The van der Waals surface area contributed by atoms with Gasteiger partial charge in [-0.3, -0.25) is 0 Å². The maximum atomic E-state index is 14.6. The van der Waals surface area contributed by atoms with E-state index in [2.05, 4.69) is 10.6 Å². The van der Waals surface area contributed by atoms with Crippen LogP contribution in [0, 0.1) is 11.7 Å². The summed E-state index contributed by atoms with van der Waals surface area (Å²) in [6.45, 7) is 2.26. The molecule has 1 saturated carbocycles. The molecule has 9 nitrogen and oxygen atoms in total. The fourth-order valence-corrected chi connectivity index (χ4v) is 4.95. The van der Waals surface area contributed by atoms with Gasteiger partial charge in [-0.2, -0.15) is 4.52 Å². The second-order valence-electron chi connectivity index (χ2n) is 8.83. The largest absolute Gasteiger partial charge is 0.497 e. The van der Waals surface area contributed by atoms with Crippen molar-refractivity contribution in [3.63, 3.8) is 0 Å². The predicted molar refractivity (Wildman–Crippen MR) is 124 cm³/mol. The molecule has 2 aromatic heterocycles. The number of hydrogen-bond donors (Lipinski definition) is 2. The van der Waals surface area contributed by atoms with Crippen molar-refractivity contribution in [1.29, 1.82) is 0 Å². The van der Waals surface area contributed by atoms with Crippen LogP contribution in [0.15, 0.2) is 30.3 Å². The van der Waals surface area contributed by atoms with Crippen molar-refractivity contribution in [1.82, 2.24) is 24.9 Å². The van der Waals surface area contributed by atoms with Gasteiger partial charge in [0.1, 0.15) is 11.5 Å². The third-order valence-electron chi connectivity index (χ3n) is 6.98. The van der Waals surface area contributed by atoms with Crippen LogP contribution in [-0.2, 0) is 12.0 Å². The van der Waals surface area contributed by atoms with Crippen molar-refractivity contribution < 1.29 is 18.6 Å². The van der Waals surface area contributed by atoms with E-state index in [0.717, 1.165) is 30.9 Å². The van der Waals surface area contributed by atoms with E-state index in [1.165, 1.54) is 13.2 Å². The van der Waals surface area contributed by atoms with Crippen LogP contribution >= 0.6 is 0 Å². The Morgan fingerprint density at radius 3 is 2.68 bits per heavy atom. The first kappa shape index (κ1) is 20.9. The minimum atomic E-state index is -0.461. The number of aromatic nitrogens is 4. The van der Waals surface area contributed by atoms with Crippen LogP contribution in [0.2, 0.25) is 0 Å². The highest BCUT2D eigenvalue weighted by Gasteiger charge is 2.61. The van der Waals surface area contributed by atoms with Crippen LogP contribution in [0.4, 0.5) is 10.3 Å². The second kappa shape index (κ2) is 7.69. The van der Waals surface area contributed by atoms with E-state index < -0.39 is 5.82 Å². The predicted octanol–water partition coefficient (Wildman–Crippen LogP) is 2.92. The van der Waals surface area contributed by atoms with Gasteiger partial charge in [-0.15, -0.1) is 5.10 Å². The van der Waals surface area contributed by atoms with Gasteiger partial charge < -0.3 is 24.8 Å². The van der Waals surface area contributed by atoms with Crippen LogP contribution in [0.25, 0.3) is 16.6 Å². The number of halogens is 1. The minimum absolute atomic E-state index is 0.0418. The molecule has 0 spiro atoms. The highest BCUT2D eigenvalue weighted by molar-refractivity contribution is 5.93. The quantitative estimate of drug-likeness (QED) is 0.431. The van der Waals surface area contributed by atoms with E-state index in [0.29, 0.717) is 46.5 Å². The lowest BCUT2D eigenvalue weighted by Gasteiger charge is -2.13. The Labute approximate surface area is 195 Å². The summed E-state index contributed by atoms with van der Waals surface area (Å²) < 4.78 is 32.3. The Bertz CT molecular complexity index is 1420. The molecule has 2 fully saturated rings. The molecule has 1 saturated heterocycles. The number of benzene rings is 2. The molecule has 34 heavy (non-hydrogen) atoms. The van der Waals surface area contributed by atoms with Gasteiger partial charge in [0.2, 0.25) is 5.95 Å². The summed E-state index contributed by atoms with van der Waals surface area (Å²) in [5, 5.41) is 12.2. The number of ether oxygens (including phenoxy) is 3. The summed E-state index contributed by atoms with van der Waals surface area (Å²) >= 11 is 0. The van der Waals surface area contributed by atoms with Gasteiger partial charge in [-0.05, 0) is 37.1 Å². The minimum Gasteiger partial charge on any atom is -0.497 e. The average molecular weight is 465 g/mol. The lowest BCUT2D eigenvalue weighted by molar-refractivity contribution is 0.387. The molecule has 6 rings (SSSR count). The van der Waals surface area contributed by atoms with Crippen LogP contribution in [0.1, 0.15) is 17.8 Å². The maximum Gasteiger partial charge on any atom is 0.226 e. The monoisotopic (exact) mass is 464 g/mol. The molecule has 0 radical (unpaired) electrons. The van der Waals surface area contributed by atoms with Crippen LogP contribution in [0.3, 0.4) is 0 Å². The number of anilines is 1. The zero-order valence-corrected chi connectivity index (χ0v) is 19.2. The smallest absolute Gasteiger partial charge is 0.226 e. The summed E-state index contributed by atoms with van der Waals surface area (Å²) in [6, 6.07) is 8.66. The Kier molecular flexibility index (Phi) is 4.73. The van der Waals surface area contributed by atoms with Crippen molar-refractivity contribution in [2.75, 3.05) is 39.7 Å². The molecule has 2 atom stereocenters. The van der Waals surface area contributed by atoms with Gasteiger partial charge >= 0.3 is 0 Å². The van der Waals surface area contributed by atoms with Crippen LogP contribution < -0.4 is 24.8 Å². The molecule has 2 N–H and O–H groups in total. The number of fused-ring (bicyclic) bond motifs is 4. The molecule has 10 heteroatoms. The van der Waals surface area contributed by atoms with Gasteiger partial charge in [0.25, 0.3) is 0 Å². The Balaban J connectivity index is 1.46. The van der Waals surface area contributed by atoms with Crippen LogP contribution in [-0.4, -0.2) is 54.0 Å². The molecule has 0 bridgehead atoms. The first-order valence-electron chi connectivity index (χ1n) is 11.2. The molecular formula is C24H25FN6O3. The molecular weight excluding hydrogens is 439 g/mol. The van der Waals surface area contributed by atoms with Crippen molar-refractivity contribution in [2.45, 2.75) is 18.4 Å². The zero-order chi connectivity index (χ0) is 23.4. The molecule has 1 aliphatic carbocycles. The van der Waals surface area contributed by atoms with E-state index in [-0.39, 0.29) is 11.2 Å². The number of hydrogen-bond acceptors (Lipinski definition) is 8. The molecule has 2 unspecified atom stereocenters. The van der Waals surface area contributed by atoms with Crippen molar-refractivity contribution >= 4 is 22.5 Å². The number of nitrogens with zero attached hydrogens (tertiary/aromatic N) is 4. The molecule has 3 heterocycles. The van der Waals surface area contributed by atoms with Crippen molar-refractivity contribution in [3.05, 3.63) is 47.5 Å². The molecule has 0 amide bonds. The topological polar surface area (TPSA) is 94.8 Å². The van der Waals surface area contributed by atoms with Crippen molar-refractivity contribution in [2.24, 2.45) is 5.92 Å². The Hall–Kier alpha value is -3.66. The first-order valence-corrected chi connectivity index (χ1v) is 11.2. The zero-order valence-electron chi connectivity index (χ0n) is 19.2. The van der Waals surface area contributed by atoms with Crippen LogP contribution in [0.5, 0.6) is 17.2 Å². The fraction of sp³-hybridized carbons (Fsp3) is 0.375. The Morgan fingerprint density at radius 1 is 1.12 bits per heavy atom. The lowest BCUT2D eigenvalue weighted by Crippen LogP contribution is -2.20. The normalized spacial score (nSPS) is 21.0. The molecule has 4 aromatic rings. The van der Waals surface area contributed by atoms with Gasteiger partial charge in [0.15, 0.2) is 23.0 Å². The first-order chi connectivity index (χ1) is 16.6. The standard InChI is InChI=1S/C24H25FN6O3/c1-32-15-5-4-13(19(6-15)33-2)10-27-23-28-18-8-20(34-3)17(25)7-16(18)21-29-22(30-31(21)23)24-9-14(24)11-26-12-24/h4-8,14,26H,9-12H2,1-3H3,(H,27,28). The van der Waals surface area contributed by atoms with Gasteiger partial charge in [0, 0.05) is 41.6 Å². The second-order valence-corrected chi connectivity index (χ2v) is 8.83. The van der Waals surface area contributed by atoms with Gasteiger partial charge in [0.05, 0.1) is 26.8 Å². The maximum absolute atomic E-state index is 14.6. The summed E-state index contributed by atoms with van der Waals surface area (Å²) in [5.74, 6) is 2.91. The van der Waals surface area contributed by atoms with Gasteiger partial charge in [-0.1, -0.05) is 0 Å². The highest BCUT2D eigenvalue weighted by Crippen LogP contribution is 2.55. The number of nitrogens with one attached hydrogen (secondary N) is 2. The van der Waals surface area contributed by atoms with E-state index in [1.54, 1.807) is 24.8 Å². The average Bonchev–Trinajstić information content (AvgIpc) is 3.19. The van der Waals surface area contributed by atoms with Gasteiger partial charge in [-0.25, -0.2) is 14.4 Å². The molecule has 176 valence electrons. The third kappa shape index (κ3) is 3.12. The summed E-state index contributed by atoms with van der Waals surface area (Å²) in [5.41, 5.74) is 2.02. The van der Waals surface area contributed by atoms with E-state index in [9.17, 15) is 4.39 Å². The fourth-order valence-electron chi connectivity index (χ4n) is 4.95. The number of rotatable bonds is 7. The third-order valence-corrected chi connectivity index (χ3v) is 6.98. The summed E-state index contributed by atoms with van der Waals surface area (Å²) in [7, 11) is 4.68. The van der Waals surface area contributed by atoms with Crippen molar-refractivity contribution in [3.8, 4) is 17.2 Å². The molecule has 2 aliphatic rings. The molecule has 2 aromatic carbocycles. The number of methoxy groups -OCH3 is 3. The van der Waals surface area contributed by atoms with E-state index in [4.69, 9.17) is 29.3 Å². The van der Waals surface area contributed by atoms with E-state index in [1.807, 2.05) is 18.2 Å². The number of piperidine rings is 1. The Morgan fingerprint density at radius 2 is 1.97 bits per heavy atom.